The van der Waals surface area contributed by atoms with Gasteiger partial charge in [-0.05, 0) is 44.2 Å². The Hall–Kier alpha value is -3.93. The molecule has 0 aliphatic carbocycles. The van der Waals surface area contributed by atoms with Crippen molar-refractivity contribution < 1.29 is 33.5 Å². The van der Waals surface area contributed by atoms with E-state index in [9.17, 15) is 24.0 Å². The van der Waals surface area contributed by atoms with Crippen LogP contribution in [0.4, 0.5) is 0 Å². The van der Waals surface area contributed by atoms with Crippen molar-refractivity contribution in [2.24, 2.45) is 0 Å². The Balaban J connectivity index is 0.000000241. The van der Waals surface area contributed by atoms with Gasteiger partial charge in [0.15, 0.2) is 5.78 Å². The molecule has 3 saturated heterocycles. The van der Waals surface area contributed by atoms with Crippen molar-refractivity contribution in [3.63, 3.8) is 0 Å². The summed E-state index contributed by atoms with van der Waals surface area (Å²) in [4.78, 5) is 64.6. The second kappa shape index (κ2) is 20.2. The summed E-state index contributed by atoms with van der Waals surface area (Å²) in [6, 6.07) is 7.64. The van der Waals surface area contributed by atoms with Crippen LogP contribution in [0.25, 0.3) is 10.9 Å². The van der Waals surface area contributed by atoms with Crippen LogP contribution in [-0.4, -0.2) is 90.6 Å². The van der Waals surface area contributed by atoms with E-state index in [2.05, 4.69) is 49.7 Å². The Kier molecular flexibility index (Phi) is 16.8. The van der Waals surface area contributed by atoms with Gasteiger partial charge in [0.25, 0.3) is 0 Å². The summed E-state index contributed by atoms with van der Waals surface area (Å²) in [5.74, 6) is -1.18. The SMILES string of the molecule is CCCC.CCCC1OC1C(=O)CC.COn1cc(C)c2ccccc21.O=C1CNC(=O)CNC(=O)C2CCCCN2C(=O)CN1. The molecule has 1 aromatic heterocycles. The van der Waals surface area contributed by atoms with Crippen molar-refractivity contribution in [2.75, 3.05) is 33.3 Å². The highest BCUT2D eigenvalue weighted by atomic mass is 16.6. The van der Waals surface area contributed by atoms with E-state index < -0.39 is 17.9 Å². The molecule has 3 unspecified atom stereocenters. The van der Waals surface area contributed by atoms with E-state index in [0.29, 0.717) is 19.4 Å². The molecule has 5 rings (SSSR count). The predicted octanol–water partition coefficient (Wildman–Crippen LogP) is 3.08. The molecule has 1 aromatic carbocycles. The standard InChI is InChI=1S/C12H18N4O4.C10H11NO.C8H14O2.C4H10/c17-9-5-13-10(18)6-15-12(20)8-3-1-2-4-16(8)11(19)7-14-9;1-8-7-11(12-2)10-6-4-3-5-9(8)10;1-3-5-7-8(10-7)6(9)4-2;1-3-4-2/h8H,1-7H2,(H,13,18)(H,14,17)(H,15,20);3-7H,1-2H3;7-8H,3-5H2,1-2H3;3-4H2,1-2H3. The Morgan fingerprint density at radius 2 is 1.57 bits per heavy atom. The lowest BCUT2D eigenvalue weighted by atomic mass is 10.0. The minimum Gasteiger partial charge on any atom is -0.417 e. The molecule has 2 aromatic rings. The molecular formula is C34H53N5O7. The zero-order valence-corrected chi connectivity index (χ0v) is 28.4. The zero-order valence-electron chi connectivity index (χ0n) is 28.4. The second-order valence-electron chi connectivity index (χ2n) is 11.4. The number of rotatable bonds is 6. The van der Waals surface area contributed by atoms with E-state index in [-0.39, 0.29) is 49.4 Å². The number of piperidine rings is 1. The number of amides is 4. The lowest BCUT2D eigenvalue weighted by molar-refractivity contribution is -0.143. The van der Waals surface area contributed by atoms with Gasteiger partial charge in [-0.1, -0.05) is 65.2 Å². The van der Waals surface area contributed by atoms with Crippen molar-refractivity contribution in [2.45, 2.75) is 104 Å². The number of Topliss-reactive ketones (excluding diaryl/α,β-unsaturated/α-hetero) is 1. The van der Waals surface area contributed by atoms with Crippen LogP contribution in [0.15, 0.2) is 30.5 Å². The summed E-state index contributed by atoms with van der Waals surface area (Å²) in [5.41, 5.74) is 2.37. The number of carbonyl (C=O) groups is 5. The molecule has 3 atom stereocenters. The Morgan fingerprint density at radius 1 is 0.913 bits per heavy atom. The first kappa shape index (κ1) is 38.3. The third kappa shape index (κ3) is 12.1. The molecule has 4 heterocycles. The van der Waals surface area contributed by atoms with Crippen molar-refractivity contribution >= 4 is 40.3 Å². The monoisotopic (exact) mass is 643 g/mol. The highest BCUT2D eigenvalue weighted by Crippen LogP contribution is 2.27. The summed E-state index contributed by atoms with van der Waals surface area (Å²) in [7, 11) is 1.67. The molecule has 12 heteroatoms. The first-order valence-corrected chi connectivity index (χ1v) is 16.5. The van der Waals surface area contributed by atoms with Crippen molar-refractivity contribution in [1.29, 1.82) is 0 Å². The normalized spacial score (nSPS) is 21.1. The number of unbranched alkanes of at least 4 members (excludes halogenated alkanes) is 1. The van der Waals surface area contributed by atoms with E-state index in [1.165, 1.54) is 28.7 Å². The molecular weight excluding hydrogens is 590 g/mol. The number of aromatic nitrogens is 1. The molecule has 3 N–H and O–H groups in total. The fraction of sp³-hybridized carbons (Fsp3) is 0.618. The maximum atomic E-state index is 12.1. The zero-order chi connectivity index (χ0) is 34.1. The fourth-order valence-corrected chi connectivity index (χ4v) is 4.96. The highest BCUT2D eigenvalue weighted by Gasteiger charge is 2.42. The number of para-hydroxylation sites is 1. The lowest BCUT2D eigenvalue weighted by Crippen LogP contribution is -2.56. The molecule has 3 fully saturated rings. The molecule has 256 valence electrons. The number of fused-ring (bicyclic) bond motifs is 2. The van der Waals surface area contributed by atoms with Gasteiger partial charge in [-0.2, -0.15) is 4.73 Å². The number of carbonyl (C=O) groups excluding carboxylic acids is 5. The van der Waals surface area contributed by atoms with Gasteiger partial charge in [0, 0.05) is 24.5 Å². The van der Waals surface area contributed by atoms with Crippen LogP contribution in [0.5, 0.6) is 0 Å². The van der Waals surface area contributed by atoms with E-state index in [1.54, 1.807) is 11.8 Å². The minimum absolute atomic E-state index is 0.0371. The molecule has 0 spiro atoms. The Morgan fingerprint density at radius 3 is 2.20 bits per heavy atom. The third-order valence-electron chi connectivity index (χ3n) is 7.83. The average Bonchev–Trinajstić information content (AvgIpc) is 3.78. The Bertz CT molecular complexity index is 1250. The number of hydrogen-bond donors (Lipinski definition) is 3. The molecule has 0 bridgehead atoms. The van der Waals surface area contributed by atoms with Crippen molar-refractivity contribution in [3.8, 4) is 0 Å². The van der Waals surface area contributed by atoms with E-state index in [0.717, 1.165) is 31.2 Å². The fourth-order valence-electron chi connectivity index (χ4n) is 4.96. The number of aryl methyl sites for hydroxylation is 1. The van der Waals surface area contributed by atoms with Crippen LogP contribution in [0.1, 0.15) is 84.6 Å². The van der Waals surface area contributed by atoms with Crippen molar-refractivity contribution in [3.05, 3.63) is 36.0 Å². The number of epoxide rings is 1. The smallest absolute Gasteiger partial charge is 0.243 e. The largest absolute Gasteiger partial charge is 0.417 e. The summed E-state index contributed by atoms with van der Waals surface area (Å²) >= 11 is 0. The summed E-state index contributed by atoms with van der Waals surface area (Å²) in [6.07, 6.45) is 9.89. The number of nitrogens with zero attached hydrogens (tertiary/aromatic N) is 2. The molecule has 0 radical (unpaired) electrons. The number of nitrogens with one attached hydrogen (secondary N) is 3. The predicted molar refractivity (Wildman–Crippen MR) is 177 cm³/mol. The van der Waals surface area contributed by atoms with Crippen LogP contribution in [0.3, 0.4) is 0 Å². The topological polar surface area (TPSA) is 151 Å². The van der Waals surface area contributed by atoms with Gasteiger partial charge in [0.05, 0.1) is 31.3 Å². The maximum absolute atomic E-state index is 12.1. The number of hydrogen-bond acceptors (Lipinski definition) is 7. The van der Waals surface area contributed by atoms with Gasteiger partial charge < -0.3 is 30.4 Å². The van der Waals surface area contributed by atoms with Gasteiger partial charge in [0.2, 0.25) is 23.6 Å². The first-order valence-electron chi connectivity index (χ1n) is 16.5. The van der Waals surface area contributed by atoms with Crippen LogP contribution in [0, 0.1) is 6.92 Å². The molecule has 3 aliphatic heterocycles. The first-order chi connectivity index (χ1) is 22.1. The molecule has 3 aliphatic rings. The quantitative estimate of drug-likeness (QED) is 0.410. The second-order valence-corrected chi connectivity index (χ2v) is 11.4. The number of ether oxygens (including phenoxy) is 1. The lowest BCUT2D eigenvalue weighted by Gasteiger charge is -2.35. The molecule has 46 heavy (non-hydrogen) atoms. The summed E-state index contributed by atoms with van der Waals surface area (Å²) in [6.45, 7) is 10.4. The van der Waals surface area contributed by atoms with Gasteiger partial charge >= 0.3 is 0 Å². The van der Waals surface area contributed by atoms with Gasteiger partial charge in [-0.15, -0.1) is 0 Å². The number of benzene rings is 1. The third-order valence-corrected chi connectivity index (χ3v) is 7.83. The maximum Gasteiger partial charge on any atom is 0.243 e. The van der Waals surface area contributed by atoms with E-state index in [1.807, 2.05) is 31.3 Å². The van der Waals surface area contributed by atoms with Crippen LogP contribution in [-0.2, 0) is 28.7 Å². The summed E-state index contributed by atoms with van der Waals surface area (Å²) < 4.78 is 6.94. The van der Waals surface area contributed by atoms with Crippen LogP contribution < -0.4 is 20.8 Å². The molecule has 4 amide bonds. The van der Waals surface area contributed by atoms with Gasteiger partial charge in [-0.3, -0.25) is 24.0 Å². The average molecular weight is 644 g/mol. The molecule has 12 nitrogen and oxygen atoms in total. The van der Waals surface area contributed by atoms with Gasteiger partial charge in [0.1, 0.15) is 19.3 Å². The Labute approximate surface area is 272 Å². The molecule has 0 saturated carbocycles. The van der Waals surface area contributed by atoms with Crippen molar-refractivity contribution in [1.82, 2.24) is 25.6 Å². The number of ketones is 1. The van der Waals surface area contributed by atoms with Crippen LogP contribution in [0.2, 0.25) is 0 Å². The van der Waals surface area contributed by atoms with E-state index >= 15 is 0 Å². The summed E-state index contributed by atoms with van der Waals surface area (Å²) in [5, 5.41) is 8.57. The highest BCUT2D eigenvalue weighted by molar-refractivity contribution is 5.94. The minimum atomic E-state index is -0.555. The van der Waals surface area contributed by atoms with Crippen LogP contribution >= 0.6 is 0 Å². The van der Waals surface area contributed by atoms with Gasteiger partial charge in [-0.25, -0.2) is 0 Å². The van der Waals surface area contributed by atoms with E-state index in [4.69, 9.17) is 9.57 Å².